The molecule has 0 saturated carbocycles. The summed E-state index contributed by atoms with van der Waals surface area (Å²) in [5.74, 6) is 0. The zero-order valence-corrected chi connectivity index (χ0v) is 14.2. The molecule has 0 bridgehead atoms. The average Bonchev–Trinajstić information content (AvgIpc) is 3.10. The number of morpholine rings is 1. The second-order valence-corrected chi connectivity index (χ2v) is 6.50. The van der Waals surface area contributed by atoms with Gasteiger partial charge in [-0.15, -0.1) is 0 Å². The molecule has 0 aromatic heterocycles. The van der Waals surface area contributed by atoms with Gasteiger partial charge in [0.15, 0.2) is 0 Å². The van der Waals surface area contributed by atoms with Gasteiger partial charge in [-0.05, 0) is 23.8 Å². The van der Waals surface area contributed by atoms with E-state index in [0.29, 0.717) is 5.02 Å². The minimum absolute atomic E-state index is 0.0645. The lowest BCUT2D eigenvalue weighted by Gasteiger charge is -2.36. The molecule has 2 aromatic rings. The second-order valence-electron chi connectivity index (χ2n) is 6.10. The van der Waals surface area contributed by atoms with Gasteiger partial charge in [-0.1, -0.05) is 60.1 Å². The second kappa shape index (κ2) is 6.69. The fourth-order valence-corrected chi connectivity index (χ4v) is 3.71. The largest absolute Gasteiger partial charge is 0.379 e. The fraction of sp³-hybridized carbons (Fsp3) is 0.300. The molecular formula is C20H20ClNO2. The van der Waals surface area contributed by atoms with Crippen molar-refractivity contribution in [3.63, 3.8) is 0 Å². The molecule has 1 fully saturated rings. The minimum Gasteiger partial charge on any atom is -0.379 e. The summed E-state index contributed by atoms with van der Waals surface area (Å²) >= 11 is 6.53. The lowest BCUT2D eigenvalue weighted by molar-refractivity contribution is -0.105. The zero-order valence-electron chi connectivity index (χ0n) is 13.4. The summed E-state index contributed by atoms with van der Waals surface area (Å²) in [6.07, 6.45) is 4.22. The first-order valence-corrected chi connectivity index (χ1v) is 8.67. The Bertz CT molecular complexity index is 727. The molecule has 4 rings (SSSR count). The molecule has 2 atom stereocenters. The Balaban J connectivity index is 1.74. The summed E-state index contributed by atoms with van der Waals surface area (Å²) in [7, 11) is 0. The Morgan fingerprint density at radius 1 is 0.958 bits per heavy atom. The maximum atomic E-state index is 6.62. The van der Waals surface area contributed by atoms with Crippen molar-refractivity contribution in [1.29, 1.82) is 0 Å². The lowest BCUT2D eigenvalue weighted by Crippen LogP contribution is -2.45. The lowest BCUT2D eigenvalue weighted by atomic mass is 9.86. The van der Waals surface area contributed by atoms with E-state index >= 15 is 0 Å². The Labute approximate surface area is 147 Å². The third kappa shape index (κ3) is 2.78. The monoisotopic (exact) mass is 341 g/mol. The van der Waals surface area contributed by atoms with Crippen LogP contribution in [-0.4, -0.2) is 37.4 Å². The number of hydrogen-bond acceptors (Lipinski definition) is 3. The molecule has 2 heterocycles. The van der Waals surface area contributed by atoms with E-state index in [-0.39, 0.29) is 6.23 Å². The van der Waals surface area contributed by atoms with Crippen LogP contribution < -0.4 is 0 Å². The van der Waals surface area contributed by atoms with Gasteiger partial charge >= 0.3 is 0 Å². The fourth-order valence-electron chi connectivity index (χ4n) is 3.44. The predicted octanol–water partition coefficient (Wildman–Crippen LogP) is 3.83. The Hall–Kier alpha value is -1.65. The summed E-state index contributed by atoms with van der Waals surface area (Å²) in [6.45, 7) is 3.25. The van der Waals surface area contributed by atoms with E-state index < -0.39 is 5.60 Å². The average molecular weight is 342 g/mol. The van der Waals surface area contributed by atoms with Crippen molar-refractivity contribution in [2.24, 2.45) is 0 Å². The SMILES string of the molecule is Clc1ccccc1C1(c2ccccc2)C=CC(N2CCOCC2)O1. The van der Waals surface area contributed by atoms with Gasteiger partial charge in [-0.2, -0.15) is 0 Å². The summed E-state index contributed by atoms with van der Waals surface area (Å²) in [4.78, 5) is 2.31. The van der Waals surface area contributed by atoms with Crippen LogP contribution in [0.25, 0.3) is 0 Å². The number of hydrogen-bond donors (Lipinski definition) is 0. The van der Waals surface area contributed by atoms with Crippen molar-refractivity contribution in [2.75, 3.05) is 26.3 Å². The van der Waals surface area contributed by atoms with E-state index in [0.717, 1.165) is 37.4 Å². The number of nitrogens with zero attached hydrogens (tertiary/aromatic N) is 1. The molecule has 2 aromatic carbocycles. The third-order valence-electron chi connectivity index (χ3n) is 4.68. The van der Waals surface area contributed by atoms with Crippen LogP contribution in [0.15, 0.2) is 66.7 Å². The topological polar surface area (TPSA) is 21.7 Å². The van der Waals surface area contributed by atoms with Crippen molar-refractivity contribution in [2.45, 2.75) is 11.8 Å². The van der Waals surface area contributed by atoms with Gasteiger partial charge in [-0.3, -0.25) is 4.90 Å². The molecule has 0 amide bonds. The van der Waals surface area contributed by atoms with E-state index in [9.17, 15) is 0 Å². The van der Waals surface area contributed by atoms with Crippen LogP contribution in [0.5, 0.6) is 0 Å². The molecule has 124 valence electrons. The maximum absolute atomic E-state index is 6.62. The molecule has 4 heteroatoms. The first kappa shape index (κ1) is 15.9. The molecule has 2 aliphatic heterocycles. The minimum atomic E-state index is -0.650. The van der Waals surface area contributed by atoms with Crippen LogP contribution in [0.4, 0.5) is 0 Å². The Morgan fingerprint density at radius 3 is 2.42 bits per heavy atom. The van der Waals surface area contributed by atoms with Crippen molar-refractivity contribution < 1.29 is 9.47 Å². The zero-order chi connectivity index (χ0) is 16.4. The van der Waals surface area contributed by atoms with Gasteiger partial charge in [0.25, 0.3) is 0 Å². The van der Waals surface area contributed by atoms with Crippen molar-refractivity contribution in [3.05, 3.63) is 82.9 Å². The Morgan fingerprint density at radius 2 is 1.67 bits per heavy atom. The molecule has 3 nitrogen and oxygen atoms in total. The highest BCUT2D eigenvalue weighted by Gasteiger charge is 2.42. The molecule has 0 radical (unpaired) electrons. The van der Waals surface area contributed by atoms with E-state index in [1.54, 1.807) is 0 Å². The highest BCUT2D eigenvalue weighted by Crippen LogP contribution is 2.43. The van der Waals surface area contributed by atoms with Crippen molar-refractivity contribution >= 4 is 11.6 Å². The first-order valence-electron chi connectivity index (χ1n) is 8.29. The third-order valence-corrected chi connectivity index (χ3v) is 5.01. The quantitative estimate of drug-likeness (QED) is 0.792. The number of rotatable bonds is 3. The van der Waals surface area contributed by atoms with Gasteiger partial charge in [0.1, 0.15) is 11.8 Å². The molecule has 1 saturated heterocycles. The highest BCUT2D eigenvalue weighted by molar-refractivity contribution is 6.31. The van der Waals surface area contributed by atoms with E-state index in [1.807, 2.05) is 42.5 Å². The standard InChI is InChI=1S/C20H20ClNO2/c21-18-9-5-4-8-17(18)20(16-6-2-1-3-7-16)11-10-19(24-20)22-12-14-23-15-13-22/h1-11,19H,12-15H2. The summed E-state index contributed by atoms with van der Waals surface area (Å²) < 4.78 is 12.1. The molecule has 2 aliphatic rings. The normalized spacial score (nSPS) is 27.5. The molecular weight excluding hydrogens is 322 g/mol. The van der Waals surface area contributed by atoms with Gasteiger partial charge < -0.3 is 9.47 Å². The summed E-state index contributed by atoms with van der Waals surface area (Å²) in [6, 6.07) is 18.2. The van der Waals surface area contributed by atoms with Crippen LogP contribution in [0.2, 0.25) is 5.02 Å². The summed E-state index contributed by atoms with van der Waals surface area (Å²) in [5.41, 5.74) is 1.41. The van der Waals surface area contributed by atoms with Gasteiger partial charge in [0.2, 0.25) is 0 Å². The molecule has 2 unspecified atom stereocenters. The van der Waals surface area contributed by atoms with Crippen LogP contribution in [-0.2, 0) is 15.1 Å². The molecule has 0 spiro atoms. The molecule has 0 N–H and O–H groups in total. The van der Waals surface area contributed by atoms with Crippen molar-refractivity contribution in [1.82, 2.24) is 4.90 Å². The first-order chi connectivity index (χ1) is 11.8. The van der Waals surface area contributed by atoms with Crippen LogP contribution in [0.1, 0.15) is 11.1 Å². The molecule has 24 heavy (non-hydrogen) atoms. The van der Waals surface area contributed by atoms with Crippen LogP contribution in [0, 0.1) is 0 Å². The van der Waals surface area contributed by atoms with Crippen molar-refractivity contribution in [3.8, 4) is 0 Å². The summed E-state index contributed by atoms with van der Waals surface area (Å²) in [5, 5.41) is 0.716. The van der Waals surface area contributed by atoms with Gasteiger partial charge in [-0.25, -0.2) is 0 Å². The van der Waals surface area contributed by atoms with Crippen LogP contribution in [0.3, 0.4) is 0 Å². The van der Waals surface area contributed by atoms with Gasteiger partial charge in [0, 0.05) is 23.7 Å². The maximum Gasteiger partial charge on any atom is 0.140 e. The van der Waals surface area contributed by atoms with Gasteiger partial charge in [0.05, 0.1) is 13.2 Å². The van der Waals surface area contributed by atoms with E-state index in [1.165, 1.54) is 0 Å². The smallest absolute Gasteiger partial charge is 0.140 e. The number of ether oxygens (including phenoxy) is 2. The van der Waals surface area contributed by atoms with E-state index in [2.05, 4.69) is 29.2 Å². The number of benzene rings is 2. The molecule has 0 aliphatic carbocycles. The van der Waals surface area contributed by atoms with Crippen LogP contribution >= 0.6 is 11.6 Å². The Kier molecular flexibility index (Phi) is 4.42. The van der Waals surface area contributed by atoms with E-state index in [4.69, 9.17) is 21.1 Å². The number of halogens is 1. The predicted molar refractivity (Wildman–Crippen MR) is 95.1 cm³/mol. The highest BCUT2D eigenvalue weighted by atomic mass is 35.5.